The predicted octanol–water partition coefficient (Wildman–Crippen LogP) is 2.95. The van der Waals surface area contributed by atoms with Gasteiger partial charge in [0, 0.05) is 0 Å². The minimum atomic E-state index is -2.22. The Hall–Kier alpha value is 0.880. The Labute approximate surface area is 97.2 Å². The van der Waals surface area contributed by atoms with Gasteiger partial charge in [-0.05, 0) is 24.6 Å². The summed E-state index contributed by atoms with van der Waals surface area (Å²) in [5.74, 6) is 0. The first-order valence-electron chi connectivity index (χ1n) is 4.74. The molecular weight excluding hydrogens is 239 g/mol. The van der Waals surface area contributed by atoms with Crippen molar-refractivity contribution in [2.24, 2.45) is 0 Å². The van der Waals surface area contributed by atoms with Crippen molar-refractivity contribution in [3.05, 3.63) is 0 Å². The van der Waals surface area contributed by atoms with Crippen LogP contribution in [0.25, 0.3) is 0 Å². The van der Waals surface area contributed by atoms with Crippen molar-refractivity contribution in [2.45, 2.75) is 39.5 Å². The highest BCUT2D eigenvalue weighted by Gasteiger charge is 2.11. The summed E-state index contributed by atoms with van der Waals surface area (Å²) in [5, 5.41) is 0. The average molecular weight is 260 g/mol. The molecule has 0 aromatic rings. The fraction of sp³-hybridized carbons (Fsp3) is 1.00. The standard InChI is InChI=1S/C8H19O2PS2.H2O/c1-3-5-7-9-11(12,13)10-8-6-4-2;/h3-8H2,1-2H3,(H,12,13);1H2. The van der Waals surface area contributed by atoms with E-state index in [2.05, 4.69) is 26.1 Å². The van der Waals surface area contributed by atoms with Gasteiger partial charge in [0.15, 0.2) is 0 Å². The van der Waals surface area contributed by atoms with E-state index in [-0.39, 0.29) is 5.48 Å². The van der Waals surface area contributed by atoms with Crippen molar-refractivity contribution in [1.29, 1.82) is 0 Å². The van der Waals surface area contributed by atoms with Gasteiger partial charge in [-0.1, -0.05) is 38.9 Å². The molecule has 0 bridgehead atoms. The summed E-state index contributed by atoms with van der Waals surface area (Å²) in [4.78, 5) is 0. The van der Waals surface area contributed by atoms with Crippen LogP contribution in [0.3, 0.4) is 0 Å². The van der Waals surface area contributed by atoms with Crippen LogP contribution >= 0.6 is 17.9 Å². The minimum absolute atomic E-state index is 0. The molecule has 0 aliphatic heterocycles. The lowest BCUT2D eigenvalue weighted by molar-refractivity contribution is 0.253. The Morgan fingerprint density at radius 3 is 1.71 bits per heavy atom. The van der Waals surface area contributed by atoms with E-state index in [4.69, 9.17) is 20.9 Å². The van der Waals surface area contributed by atoms with E-state index in [1.807, 2.05) is 0 Å². The molecule has 0 fully saturated rings. The molecule has 0 spiro atoms. The summed E-state index contributed by atoms with van der Waals surface area (Å²) in [5.41, 5.74) is -2.22. The Balaban J connectivity index is 0. The zero-order chi connectivity index (χ0) is 10.2. The average Bonchev–Trinajstić information content (AvgIpc) is 2.05. The van der Waals surface area contributed by atoms with Crippen LogP contribution in [0.5, 0.6) is 0 Å². The number of unbranched alkanes of at least 4 members (excludes halogenated alkanes) is 2. The van der Waals surface area contributed by atoms with Crippen molar-refractivity contribution in [3.63, 3.8) is 0 Å². The maximum Gasteiger partial charge on any atom is 0.244 e. The maximum absolute atomic E-state index is 5.38. The van der Waals surface area contributed by atoms with Gasteiger partial charge in [-0.25, -0.2) is 0 Å². The van der Waals surface area contributed by atoms with Crippen LogP contribution in [0.2, 0.25) is 0 Å². The van der Waals surface area contributed by atoms with Crippen LogP contribution in [0.4, 0.5) is 0 Å². The Morgan fingerprint density at radius 2 is 1.43 bits per heavy atom. The van der Waals surface area contributed by atoms with Crippen LogP contribution in [0.1, 0.15) is 39.5 Å². The molecule has 2 N–H and O–H groups in total. The normalized spacial score (nSPS) is 11.1. The van der Waals surface area contributed by atoms with E-state index in [0.29, 0.717) is 13.2 Å². The molecule has 0 saturated heterocycles. The molecular formula is C8H21O3PS2. The summed E-state index contributed by atoms with van der Waals surface area (Å²) < 4.78 is 10.8. The van der Waals surface area contributed by atoms with Crippen LogP contribution in [-0.2, 0) is 20.9 Å². The first-order chi connectivity index (χ1) is 6.12. The maximum atomic E-state index is 5.38. The second-order valence-corrected chi connectivity index (χ2v) is 8.13. The van der Waals surface area contributed by atoms with Gasteiger partial charge in [-0.3, -0.25) is 0 Å². The molecule has 0 aliphatic rings. The molecule has 6 heteroatoms. The number of thiol groups is 1. The molecule has 0 aromatic carbocycles. The van der Waals surface area contributed by atoms with E-state index in [0.717, 1.165) is 25.7 Å². The van der Waals surface area contributed by atoms with Crippen molar-refractivity contribution in [3.8, 4) is 0 Å². The highest BCUT2D eigenvalue weighted by atomic mass is 32.9. The lowest BCUT2D eigenvalue weighted by Crippen LogP contribution is -1.94. The largest absolute Gasteiger partial charge is 0.412 e. The van der Waals surface area contributed by atoms with Crippen molar-refractivity contribution < 1.29 is 14.5 Å². The first kappa shape index (κ1) is 17.3. The summed E-state index contributed by atoms with van der Waals surface area (Å²) in [6, 6.07) is 0. The molecule has 0 unspecified atom stereocenters. The monoisotopic (exact) mass is 260 g/mol. The molecule has 0 heterocycles. The van der Waals surface area contributed by atoms with E-state index >= 15 is 0 Å². The lowest BCUT2D eigenvalue weighted by atomic mass is 10.4. The highest BCUT2D eigenvalue weighted by molar-refractivity contribution is 8.60. The minimum Gasteiger partial charge on any atom is -0.412 e. The second kappa shape index (κ2) is 10.4. The molecule has 0 radical (unpaired) electrons. The molecule has 0 amide bonds. The van der Waals surface area contributed by atoms with Crippen molar-refractivity contribution in [2.75, 3.05) is 13.2 Å². The van der Waals surface area contributed by atoms with Gasteiger partial charge in [0.05, 0.1) is 13.2 Å². The zero-order valence-electron chi connectivity index (χ0n) is 8.86. The summed E-state index contributed by atoms with van der Waals surface area (Å²) >= 11 is 9.31. The Bertz CT molecular complexity index is 153. The fourth-order valence-electron chi connectivity index (χ4n) is 0.686. The van der Waals surface area contributed by atoms with Gasteiger partial charge in [0.1, 0.15) is 0 Å². The van der Waals surface area contributed by atoms with Gasteiger partial charge in [-0.2, -0.15) is 0 Å². The van der Waals surface area contributed by atoms with E-state index < -0.39 is 5.69 Å². The van der Waals surface area contributed by atoms with Crippen LogP contribution in [-0.4, -0.2) is 18.7 Å². The van der Waals surface area contributed by atoms with Crippen LogP contribution in [0, 0.1) is 0 Å². The molecule has 3 nitrogen and oxygen atoms in total. The van der Waals surface area contributed by atoms with Crippen molar-refractivity contribution in [1.82, 2.24) is 0 Å². The van der Waals surface area contributed by atoms with E-state index in [1.54, 1.807) is 0 Å². The third kappa shape index (κ3) is 11.0. The molecule has 88 valence electrons. The van der Waals surface area contributed by atoms with E-state index in [9.17, 15) is 0 Å². The molecule has 0 aromatic heterocycles. The third-order valence-corrected chi connectivity index (χ3v) is 3.85. The molecule has 0 rings (SSSR count). The van der Waals surface area contributed by atoms with E-state index in [1.165, 1.54) is 0 Å². The second-order valence-electron chi connectivity index (χ2n) is 2.84. The van der Waals surface area contributed by atoms with Crippen molar-refractivity contribution >= 4 is 29.7 Å². The van der Waals surface area contributed by atoms with Crippen LogP contribution in [0.15, 0.2) is 0 Å². The molecule has 0 saturated carbocycles. The predicted molar refractivity (Wildman–Crippen MR) is 68.6 cm³/mol. The van der Waals surface area contributed by atoms with Gasteiger partial charge in [0.2, 0.25) is 5.69 Å². The smallest absolute Gasteiger partial charge is 0.244 e. The molecule has 0 aliphatic carbocycles. The Morgan fingerprint density at radius 1 is 1.07 bits per heavy atom. The molecule has 14 heavy (non-hydrogen) atoms. The van der Waals surface area contributed by atoms with Gasteiger partial charge in [-0.15, -0.1) is 0 Å². The topological polar surface area (TPSA) is 50.0 Å². The summed E-state index contributed by atoms with van der Waals surface area (Å²) in [6.07, 6.45) is 4.27. The fourth-order valence-corrected chi connectivity index (χ4v) is 2.42. The number of hydrogen-bond acceptors (Lipinski definition) is 3. The number of rotatable bonds is 8. The highest BCUT2D eigenvalue weighted by Crippen LogP contribution is 2.53. The summed E-state index contributed by atoms with van der Waals surface area (Å²) in [6.45, 7) is 5.57. The third-order valence-electron chi connectivity index (χ3n) is 1.50. The van der Waals surface area contributed by atoms with Gasteiger partial charge >= 0.3 is 0 Å². The lowest BCUT2D eigenvalue weighted by Gasteiger charge is -2.15. The SMILES string of the molecule is CCCCOP(=S)(S)OCCCC.O. The first-order valence-corrected chi connectivity index (χ1v) is 8.53. The summed E-state index contributed by atoms with van der Waals surface area (Å²) in [7, 11) is 0. The Kier molecular flexibility index (Phi) is 12.8. The van der Waals surface area contributed by atoms with Crippen LogP contribution < -0.4 is 0 Å². The quantitative estimate of drug-likeness (QED) is 0.415. The molecule has 0 atom stereocenters. The van der Waals surface area contributed by atoms with Gasteiger partial charge in [0.25, 0.3) is 0 Å². The number of hydrogen-bond donors (Lipinski definition) is 1. The van der Waals surface area contributed by atoms with Gasteiger partial charge < -0.3 is 14.5 Å². The zero-order valence-corrected chi connectivity index (χ0v) is 11.5.